The van der Waals surface area contributed by atoms with Crippen LogP contribution in [0.2, 0.25) is 15.1 Å². The van der Waals surface area contributed by atoms with Gasteiger partial charge >= 0.3 is 0 Å². The molecule has 3 aromatic rings. The maximum absolute atomic E-state index is 12.9. The fourth-order valence-electron chi connectivity index (χ4n) is 3.27. The summed E-state index contributed by atoms with van der Waals surface area (Å²) in [6.45, 7) is -0.154. The second-order valence-electron chi connectivity index (χ2n) is 7.63. The zero-order chi connectivity index (χ0) is 26.7. The molecule has 190 valence electrons. The number of nitrogens with zero attached hydrogens (tertiary/aromatic N) is 1. The second kappa shape index (κ2) is 12.6. The summed E-state index contributed by atoms with van der Waals surface area (Å²) in [6.07, 6.45) is 1.63. The van der Waals surface area contributed by atoms with Crippen molar-refractivity contribution < 1.29 is 19.1 Å². The van der Waals surface area contributed by atoms with Gasteiger partial charge in [0, 0.05) is 15.6 Å². The summed E-state index contributed by atoms with van der Waals surface area (Å²) in [5.41, 5.74) is 1.92. The third-order valence-corrected chi connectivity index (χ3v) is 8.46. The lowest BCUT2D eigenvalue weighted by molar-refractivity contribution is -0.127. The number of imide groups is 1. The lowest BCUT2D eigenvalue weighted by Crippen LogP contribution is -2.36. The van der Waals surface area contributed by atoms with Gasteiger partial charge in [-0.2, -0.15) is 0 Å². The molecule has 3 aromatic carbocycles. The van der Waals surface area contributed by atoms with E-state index in [0.717, 1.165) is 34.9 Å². The molecule has 1 saturated heterocycles. The van der Waals surface area contributed by atoms with Crippen molar-refractivity contribution in [1.29, 1.82) is 0 Å². The van der Waals surface area contributed by atoms with Gasteiger partial charge in [-0.25, -0.2) is 0 Å². The van der Waals surface area contributed by atoms with E-state index < -0.39 is 23.6 Å². The van der Waals surface area contributed by atoms with Gasteiger partial charge in [0.15, 0.2) is 0 Å². The average Bonchev–Trinajstić information content (AvgIpc) is 3.08. The molecule has 1 aliphatic heterocycles. The Labute approximate surface area is 259 Å². The summed E-state index contributed by atoms with van der Waals surface area (Å²) in [7, 11) is 0. The molecule has 1 heterocycles. The van der Waals surface area contributed by atoms with Crippen LogP contribution in [0.15, 0.2) is 59.5 Å². The van der Waals surface area contributed by atoms with E-state index in [0.29, 0.717) is 26.5 Å². The highest BCUT2D eigenvalue weighted by Gasteiger charge is 2.36. The lowest BCUT2D eigenvalue weighted by Gasteiger charge is -2.13. The van der Waals surface area contributed by atoms with Crippen molar-refractivity contribution in [3.8, 4) is 5.75 Å². The van der Waals surface area contributed by atoms with Gasteiger partial charge < -0.3 is 10.1 Å². The number of para-hydroxylation sites is 1. The lowest BCUT2D eigenvalue weighted by atomic mass is 10.2. The number of benzene rings is 3. The van der Waals surface area contributed by atoms with Crippen molar-refractivity contribution in [2.45, 2.75) is 6.61 Å². The fraction of sp³-hybridized carbons (Fsp3) is 0.0800. The van der Waals surface area contributed by atoms with Crippen molar-refractivity contribution >= 4 is 121 Å². The van der Waals surface area contributed by atoms with Crippen molar-refractivity contribution in [2.24, 2.45) is 0 Å². The number of ether oxygens (including phenoxy) is 1. The van der Waals surface area contributed by atoms with Crippen LogP contribution in [0.3, 0.4) is 0 Å². The zero-order valence-corrected chi connectivity index (χ0v) is 26.0. The van der Waals surface area contributed by atoms with Gasteiger partial charge in [-0.1, -0.05) is 53.0 Å². The quantitative estimate of drug-likeness (QED) is 0.193. The molecule has 37 heavy (non-hydrogen) atoms. The Morgan fingerprint density at radius 3 is 2.38 bits per heavy atom. The van der Waals surface area contributed by atoms with E-state index in [1.165, 1.54) is 0 Å². The topological polar surface area (TPSA) is 75.7 Å². The molecule has 0 aliphatic carbocycles. The van der Waals surface area contributed by atoms with E-state index in [2.05, 4.69) is 50.5 Å². The van der Waals surface area contributed by atoms with Crippen LogP contribution < -0.4 is 10.1 Å². The van der Waals surface area contributed by atoms with Crippen LogP contribution in [-0.2, 0) is 16.2 Å². The Morgan fingerprint density at radius 1 is 1.00 bits per heavy atom. The van der Waals surface area contributed by atoms with Crippen molar-refractivity contribution in [2.75, 3.05) is 11.9 Å². The van der Waals surface area contributed by atoms with Crippen LogP contribution in [0.5, 0.6) is 5.75 Å². The van der Waals surface area contributed by atoms with Crippen molar-refractivity contribution in [3.05, 3.63) is 92.8 Å². The molecule has 0 spiro atoms. The van der Waals surface area contributed by atoms with Crippen LogP contribution in [0.1, 0.15) is 11.1 Å². The molecule has 0 radical (unpaired) electrons. The van der Waals surface area contributed by atoms with Crippen LogP contribution in [-0.4, -0.2) is 28.5 Å². The standard InChI is InChI=1S/C25H15Cl3I2N2O4S/c26-15-6-5-14(17(28)10-15)12-36-23-18(29)7-13(8-19(23)30)9-21-24(34)32(25(35)37-21)11-22(33)31-20-4-2-1-3-16(20)27/h1-10H,11-12H2,(H,31,33)/b21-9+. The monoisotopic (exact) mass is 798 g/mol. The van der Waals surface area contributed by atoms with E-state index in [-0.39, 0.29) is 11.5 Å². The number of nitrogens with one attached hydrogen (secondary N) is 1. The van der Waals surface area contributed by atoms with Crippen LogP contribution in [0.4, 0.5) is 10.5 Å². The maximum atomic E-state index is 12.9. The normalized spacial score (nSPS) is 14.4. The molecule has 4 rings (SSSR count). The molecule has 0 unspecified atom stereocenters. The largest absolute Gasteiger partial charge is 0.487 e. The SMILES string of the molecule is O=C(CN1C(=O)S/C(=C/c2cc(I)c(OCc3ccc(Cl)cc3Cl)c(I)c2)C1=O)Nc1ccccc1Cl. The minimum absolute atomic E-state index is 0.226. The predicted octanol–water partition coefficient (Wildman–Crippen LogP) is 8.11. The Bertz CT molecular complexity index is 1430. The van der Waals surface area contributed by atoms with Gasteiger partial charge in [-0.05, 0) is 105 Å². The first-order valence-corrected chi connectivity index (χ1v) is 14.6. The van der Waals surface area contributed by atoms with E-state index in [9.17, 15) is 14.4 Å². The zero-order valence-electron chi connectivity index (χ0n) is 18.6. The molecule has 0 bridgehead atoms. The van der Waals surface area contributed by atoms with Gasteiger partial charge in [0.2, 0.25) is 5.91 Å². The number of hydrogen-bond acceptors (Lipinski definition) is 5. The Balaban J connectivity index is 1.45. The van der Waals surface area contributed by atoms with Gasteiger partial charge in [0.25, 0.3) is 11.1 Å². The molecule has 12 heteroatoms. The molecule has 0 aromatic heterocycles. The number of anilines is 1. The summed E-state index contributed by atoms with van der Waals surface area (Å²) in [5, 5.41) is 3.53. The highest BCUT2D eigenvalue weighted by atomic mass is 127. The molecule has 6 nitrogen and oxygen atoms in total. The van der Waals surface area contributed by atoms with E-state index in [1.807, 2.05) is 18.2 Å². The molecule has 0 saturated carbocycles. The Kier molecular flexibility index (Phi) is 9.68. The van der Waals surface area contributed by atoms with Crippen LogP contribution >= 0.6 is 91.7 Å². The molecular formula is C25H15Cl3I2N2O4S. The minimum Gasteiger partial charge on any atom is -0.487 e. The molecule has 3 amide bonds. The first-order chi connectivity index (χ1) is 17.6. The number of thioether (sulfide) groups is 1. The first-order valence-electron chi connectivity index (χ1n) is 10.5. The summed E-state index contributed by atoms with van der Waals surface area (Å²) < 4.78 is 7.64. The number of carbonyl (C=O) groups is 3. The van der Waals surface area contributed by atoms with Crippen molar-refractivity contribution in [1.82, 2.24) is 4.90 Å². The van der Waals surface area contributed by atoms with E-state index in [1.54, 1.807) is 42.5 Å². The molecule has 1 aliphatic rings. The summed E-state index contributed by atoms with van der Waals surface area (Å²) in [4.78, 5) is 38.9. The van der Waals surface area contributed by atoms with E-state index in [4.69, 9.17) is 39.5 Å². The second-order valence-corrected chi connectivity index (χ2v) is 12.2. The van der Waals surface area contributed by atoms with E-state index >= 15 is 0 Å². The number of carbonyl (C=O) groups excluding carboxylic acids is 3. The Hall–Kier alpha value is -1.51. The number of rotatable bonds is 7. The summed E-state index contributed by atoms with van der Waals surface area (Å²) in [5.74, 6) is -0.385. The highest BCUT2D eigenvalue weighted by Crippen LogP contribution is 2.35. The number of amides is 3. The Morgan fingerprint density at radius 2 is 1.70 bits per heavy atom. The van der Waals surface area contributed by atoms with Crippen LogP contribution in [0, 0.1) is 7.14 Å². The molecular weight excluding hydrogens is 785 g/mol. The third-order valence-electron chi connectivity index (χ3n) is 5.03. The smallest absolute Gasteiger partial charge is 0.294 e. The van der Waals surface area contributed by atoms with Crippen LogP contribution in [0.25, 0.3) is 6.08 Å². The minimum atomic E-state index is -0.535. The molecule has 1 N–H and O–H groups in total. The summed E-state index contributed by atoms with van der Waals surface area (Å²) >= 11 is 23.3. The first kappa shape index (κ1) is 28.5. The highest BCUT2D eigenvalue weighted by molar-refractivity contribution is 14.1. The number of halogens is 5. The van der Waals surface area contributed by atoms with Gasteiger partial charge in [0.1, 0.15) is 18.9 Å². The fourth-order valence-corrected chi connectivity index (χ4v) is 6.88. The van der Waals surface area contributed by atoms with Gasteiger partial charge in [-0.15, -0.1) is 0 Å². The molecule has 1 fully saturated rings. The van der Waals surface area contributed by atoms with Gasteiger partial charge in [-0.3, -0.25) is 19.3 Å². The van der Waals surface area contributed by atoms with Gasteiger partial charge in [0.05, 0.1) is 22.8 Å². The molecule has 0 atom stereocenters. The maximum Gasteiger partial charge on any atom is 0.294 e. The predicted molar refractivity (Wildman–Crippen MR) is 165 cm³/mol. The summed E-state index contributed by atoms with van der Waals surface area (Å²) in [6, 6.07) is 15.6. The third kappa shape index (κ3) is 7.12. The van der Waals surface area contributed by atoms with Crippen molar-refractivity contribution in [3.63, 3.8) is 0 Å². The average molecular weight is 800 g/mol. The number of hydrogen-bond donors (Lipinski definition) is 1.